The molecular formula is C13H26N2O2. The maximum Gasteiger partial charge on any atom is 0.234 e. The van der Waals surface area contributed by atoms with Crippen LogP contribution in [0.5, 0.6) is 0 Å². The van der Waals surface area contributed by atoms with Crippen molar-refractivity contribution >= 4 is 5.91 Å². The van der Waals surface area contributed by atoms with Crippen molar-refractivity contribution in [3.63, 3.8) is 0 Å². The predicted molar refractivity (Wildman–Crippen MR) is 68.7 cm³/mol. The van der Waals surface area contributed by atoms with E-state index in [2.05, 4.69) is 17.6 Å². The highest BCUT2D eigenvalue weighted by molar-refractivity contribution is 5.78. The van der Waals surface area contributed by atoms with Gasteiger partial charge in [0, 0.05) is 17.0 Å². The third-order valence-corrected chi connectivity index (χ3v) is 4.09. The van der Waals surface area contributed by atoms with Gasteiger partial charge >= 0.3 is 0 Å². The number of carbonyl (C=O) groups is 1. The average molecular weight is 242 g/mol. The Balaban J connectivity index is 2.31. The quantitative estimate of drug-likeness (QED) is 0.675. The molecule has 1 saturated carbocycles. The number of nitrogens with one attached hydrogen (secondary N) is 2. The van der Waals surface area contributed by atoms with Crippen LogP contribution in [0.1, 0.15) is 47.5 Å². The van der Waals surface area contributed by atoms with E-state index in [4.69, 9.17) is 0 Å². The van der Waals surface area contributed by atoms with Crippen molar-refractivity contribution in [1.29, 1.82) is 0 Å². The summed E-state index contributed by atoms with van der Waals surface area (Å²) in [6, 6.07) is 0.230. The lowest BCUT2D eigenvalue weighted by Crippen LogP contribution is -2.61. The molecule has 4 heteroatoms. The first-order valence-electron chi connectivity index (χ1n) is 6.41. The molecule has 0 aromatic carbocycles. The molecule has 2 atom stereocenters. The van der Waals surface area contributed by atoms with Crippen molar-refractivity contribution in [3.05, 3.63) is 0 Å². The second-order valence-electron chi connectivity index (χ2n) is 6.29. The van der Waals surface area contributed by atoms with Crippen molar-refractivity contribution in [2.75, 3.05) is 6.54 Å². The molecule has 0 aromatic rings. The number of aliphatic hydroxyl groups excluding tert-OH is 1. The van der Waals surface area contributed by atoms with Crippen molar-refractivity contribution in [2.45, 2.75) is 65.1 Å². The Kier molecular flexibility index (Phi) is 4.20. The molecule has 3 N–H and O–H groups in total. The first-order valence-corrected chi connectivity index (χ1v) is 6.41. The molecule has 0 spiro atoms. The summed E-state index contributed by atoms with van der Waals surface area (Å²) in [6.07, 6.45) is 1.39. The van der Waals surface area contributed by atoms with Gasteiger partial charge in [-0.3, -0.25) is 4.79 Å². The van der Waals surface area contributed by atoms with Crippen molar-refractivity contribution in [2.24, 2.45) is 5.41 Å². The first-order chi connectivity index (χ1) is 7.69. The first kappa shape index (κ1) is 14.5. The van der Waals surface area contributed by atoms with E-state index in [1.165, 1.54) is 0 Å². The highest BCUT2D eigenvalue weighted by Gasteiger charge is 2.46. The summed E-state index contributed by atoms with van der Waals surface area (Å²) in [5.41, 5.74) is -0.270. The van der Waals surface area contributed by atoms with E-state index in [1.807, 2.05) is 27.7 Å². The summed E-state index contributed by atoms with van der Waals surface area (Å²) in [4.78, 5) is 11.7. The largest absolute Gasteiger partial charge is 0.392 e. The van der Waals surface area contributed by atoms with Gasteiger partial charge in [-0.1, -0.05) is 20.8 Å². The lowest BCUT2D eigenvalue weighted by Gasteiger charge is -2.49. The van der Waals surface area contributed by atoms with Gasteiger partial charge < -0.3 is 15.7 Å². The van der Waals surface area contributed by atoms with Gasteiger partial charge in [-0.15, -0.1) is 0 Å². The summed E-state index contributed by atoms with van der Waals surface area (Å²) in [5, 5.41) is 15.8. The minimum Gasteiger partial charge on any atom is -0.392 e. The Morgan fingerprint density at radius 1 is 1.47 bits per heavy atom. The molecule has 1 aliphatic rings. The van der Waals surface area contributed by atoms with Crippen molar-refractivity contribution < 1.29 is 9.90 Å². The van der Waals surface area contributed by atoms with E-state index >= 15 is 0 Å². The molecule has 17 heavy (non-hydrogen) atoms. The van der Waals surface area contributed by atoms with E-state index in [0.29, 0.717) is 6.54 Å². The molecule has 1 amide bonds. The molecule has 1 fully saturated rings. The molecule has 100 valence electrons. The van der Waals surface area contributed by atoms with E-state index in [1.54, 1.807) is 0 Å². The molecule has 0 aliphatic heterocycles. The highest BCUT2D eigenvalue weighted by Crippen LogP contribution is 2.40. The van der Waals surface area contributed by atoms with Crippen LogP contribution in [0.3, 0.4) is 0 Å². The highest BCUT2D eigenvalue weighted by atomic mass is 16.3. The van der Waals surface area contributed by atoms with E-state index in [0.717, 1.165) is 12.8 Å². The average Bonchev–Trinajstić information content (AvgIpc) is 2.23. The van der Waals surface area contributed by atoms with Gasteiger partial charge in [0.25, 0.3) is 0 Å². The molecule has 0 bridgehead atoms. The fourth-order valence-corrected chi connectivity index (χ4v) is 1.97. The normalized spacial score (nSPS) is 27.4. The van der Waals surface area contributed by atoms with Crippen molar-refractivity contribution in [1.82, 2.24) is 10.6 Å². The van der Waals surface area contributed by atoms with Gasteiger partial charge in [0.1, 0.15) is 0 Å². The lowest BCUT2D eigenvalue weighted by molar-refractivity contribution is -0.123. The van der Waals surface area contributed by atoms with Crippen molar-refractivity contribution in [3.8, 4) is 0 Å². The standard InChI is InChI=1S/C13H26N2O2/c1-6-12(2,3)15-11(17)8-14-9-7-10(16)13(9,4)5/h9-10,14,16H,6-8H2,1-5H3,(H,15,17). The molecule has 0 aromatic heterocycles. The minimum atomic E-state index is -0.254. The summed E-state index contributed by atoms with van der Waals surface area (Å²) in [5.74, 6) is 0.0223. The van der Waals surface area contributed by atoms with Gasteiger partial charge in [-0.25, -0.2) is 0 Å². The molecule has 2 unspecified atom stereocenters. The number of hydrogen-bond acceptors (Lipinski definition) is 3. The molecule has 0 radical (unpaired) electrons. The Hall–Kier alpha value is -0.610. The van der Waals surface area contributed by atoms with E-state index in [-0.39, 0.29) is 29.0 Å². The maximum absolute atomic E-state index is 11.7. The monoisotopic (exact) mass is 242 g/mol. The third kappa shape index (κ3) is 3.42. The Morgan fingerprint density at radius 2 is 2.06 bits per heavy atom. The second-order valence-corrected chi connectivity index (χ2v) is 6.29. The smallest absolute Gasteiger partial charge is 0.234 e. The zero-order valence-electron chi connectivity index (χ0n) is 11.6. The molecule has 0 heterocycles. The maximum atomic E-state index is 11.7. The summed E-state index contributed by atoms with van der Waals surface area (Å²) < 4.78 is 0. The van der Waals surface area contributed by atoms with Gasteiger partial charge in [-0.2, -0.15) is 0 Å². The van der Waals surface area contributed by atoms with E-state index in [9.17, 15) is 9.90 Å². The number of hydrogen-bond donors (Lipinski definition) is 3. The third-order valence-electron chi connectivity index (χ3n) is 4.09. The number of carbonyl (C=O) groups excluding carboxylic acids is 1. The van der Waals surface area contributed by atoms with Gasteiger partial charge in [0.05, 0.1) is 12.6 Å². The Morgan fingerprint density at radius 3 is 2.47 bits per heavy atom. The molecule has 1 rings (SSSR count). The second kappa shape index (κ2) is 4.94. The zero-order valence-corrected chi connectivity index (χ0v) is 11.6. The van der Waals surface area contributed by atoms with Gasteiger partial charge in [0.15, 0.2) is 0 Å². The number of amides is 1. The van der Waals surface area contributed by atoms with Gasteiger partial charge in [0.2, 0.25) is 5.91 Å². The summed E-state index contributed by atoms with van der Waals surface area (Å²) in [6.45, 7) is 10.5. The van der Waals surface area contributed by atoms with Gasteiger partial charge in [-0.05, 0) is 26.7 Å². The van der Waals surface area contributed by atoms with Crippen LogP contribution in [0.2, 0.25) is 0 Å². The van der Waals surface area contributed by atoms with Crippen LogP contribution in [-0.2, 0) is 4.79 Å². The Bertz CT molecular complexity index is 287. The van der Waals surface area contributed by atoms with Crippen LogP contribution in [0.15, 0.2) is 0 Å². The Labute approximate surface area is 104 Å². The lowest BCUT2D eigenvalue weighted by atomic mass is 9.64. The predicted octanol–water partition coefficient (Wildman–Crippen LogP) is 1.04. The van der Waals surface area contributed by atoms with Crippen LogP contribution in [0.25, 0.3) is 0 Å². The summed E-state index contributed by atoms with van der Waals surface area (Å²) in [7, 11) is 0. The number of aliphatic hydroxyl groups is 1. The molecule has 1 aliphatic carbocycles. The van der Waals surface area contributed by atoms with Crippen LogP contribution >= 0.6 is 0 Å². The van der Waals surface area contributed by atoms with E-state index < -0.39 is 0 Å². The van der Waals surface area contributed by atoms with Crippen LogP contribution < -0.4 is 10.6 Å². The fraction of sp³-hybridized carbons (Fsp3) is 0.923. The zero-order chi connectivity index (χ0) is 13.3. The van der Waals surface area contributed by atoms with Crippen LogP contribution in [0, 0.1) is 5.41 Å². The topological polar surface area (TPSA) is 61.4 Å². The molecule has 4 nitrogen and oxygen atoms in total. The number of rotatable bonds is 5. The minimum absolute atomic E-state index is 0.0223. The van der Waals surface area contributed by atoms with Crippen LogP contribution in [-0.4, -0.2) is 35.2 Å². The summed E-state index contributed by atoms with van der Waals surface area (Å²) >= 11 is 0. The molecule has 0 saturated heterocycles. The fourth-order valence-electron chi connectivity index (χ4n) is 1.97. The SMILES string of the molecule is CCC(C)(C)NC(=O)CNC1CC(O)C1(C)C. The molecular weight excluding hydrogens is 216 g/mol. The van der Waals surface area contributed by atoms with Crippen LogP contribution in [0.4, 0.5) is 0 Å².